The molecule has 0 rings (SSSR count). The summed E-state index contributed by atoms with van der Waals surface area (Å²) < 4.78 is 0. The van der Waals surface area contributed by atoms with Crippen molar-refractivity contribution >= 4 is 0 Å². The van der Waals surface area contributed by atoms with Crippen molar-refractivity contribution in [2.75, 3.05) is 13.1 Å². The van der Waals surface area contributed by atoms with Gasteiger partial charge in [-0.2, -0.15) is 0 Å². The van der Waals surface area contributed by atoms with E-state index < -0.39 is 0 Å². The van der Waals surface area contributed by atoms with Crippen molar-refractivity contribution in [1.29, 1.82) is 0 Å². The molecule has 2 nitrogen and oxygen atoms in total. The highest BCUT2D eigenvalue weighted by Crippen LogP contribution is 2.13. The van der Waals surface area contributed by atoms with Crippen LogP contribution in [0.5, 0.6) is 0 Å². The number of nitrogens with one attached hydrogen (secondary N) is 1. The molecular formula is C27H58N2. The second-order valence-corrected chi connectivity index (χ2v) is 9.38. The highest BCUT2D eigenvalue weighted by atomic mass is 14.9. The molecule has 0 bridgehead atoms. The number of nitrogens with two attached hydrogens (primary N) is 1. The first kappa shape index (κ1) is 28.9. The van der Waals surface area contributed by atoms with Gasteiger partial charge in [-0.25, -0.2) is 0 Å². The first-order valence-corrected chi connectivity index (χ1v) is 13.8. The van der Waals surface area contributed by atoms with Gasteiger partial charge in [0.2, 0.25) is 0 Å². The Morgan fingerprint density at radius 2 is 0.862 bits per heavy atom. The summed E-state index contributed by atoms with van der Waals surface area (Å²) >= 11 is 0. The fraction of sp³-hybridized carbons (Fsp3) is 1.00. The SMILES string of the molecule is CCCCCCCCCCCCNC(CCN)CCCCCCCCCCCC. The molecule has 0 aromatic rings. The van der Waals surface area contributed by atoms with E-state index in [4.69, 9.17) is 5.73 Å². The van der Waals surface area contributed by atoms with Gasteiger partial charge >= 0.3 is 0 Å². The molecule has 0 fully saturated rings. The summed E-state index contributed by atoms with van der Waals surface area (Å²) in [6.07, 6.45) is 30.9. The smallest absolute Gasteiger partial charge is 0.00790 e. The van der Waals surface area contributed by atoms with Gasteiger partial charge in [0.15, 0.2) is 0 Å². The van der Waals surface area contributed by atoms with E-state index in [0.29, 0.717) is 6.04 Å². The van der Waals surface area contributed by atoms with Crippen LogP contribution in [0.3, 0.4) is 0 Å². The molecule has 1 unspecified atom stereocenters. The van der Waals surface area contributed by atoms with Gasteiger partial charge in [0.25, 0.3) is 0 Å². The summed E-state index contributed by atoms with van der Waals surface area (Å²) in [6, 6.07) is 0.660. The molecule has 3 N–H and O–H groups in total. The average molecular weight is 411 g/mol. The van der Waals surface area contributed by atoms with Gasteiger partial charge in [-0.3, -0.25) is 0 Å². The quantitative estimate of drug-likeness (QED) is 0.148. The van der Waals surface area contributed by atoms with Gasteiger partial charge in [-0.1, -0.05) is 136 Å². The minimum atomic E-state index is 0.660. The van der Waals surface area contributed by atoms with Crippen LogP contribution < -0.4 is 11.1 Å². The molecule has 0 saturated carbocycles. The lowest BCUT2D eigenvalue weighted by molar-refractivity contribution is 0.424. The lowest BCUT2D eigenvalue weighted by Crippen LogP contribution is -2.32. The Morgan fingerprint density at radius 3 is 1.28 bits per heavy atom. The third-order valence-corrected chi connectivity index (χ3v) is 6.38. The third kappa shape index (κ3) is 24.1. The van der Waals surface area contributed by atoms with Crippen LogP contribution in [0.1, 0.15) is 155 Å². The molecule has 0 aliphatic rings. The predicted molar refractivity (Wildman–Crippen MR) is 134 cm³/mol. The van der Waals surface area contributed by atoms with Crippen molar-refractivity contribution < 1.29 is 0 Å². The number of unbranched alkanes of at least 4 members (excludes halogenated alkanes) is 18. The summed E-state index contributed by atoms with van der Waals surface area (Å²) in [5, 5.41) is 3.80. The maximum atomic E-state index is 5.84. The highest BCUT2D eigenvalue weighted by Gasteiger charge is 2.06. The fourth-order valence-corrected chi connectivity index (χ4v) is 4.35. The predicted octanol–water partition coefficient (Wildman–Crippen LogP) is 8.53. The van der Waals surface area contributed by atoms with Crippen LogP contribution in [0.15, 0.2) is 0 Å². The first-order chi connectivity index (χ1) is 14.3. The summed E-state index contributed by atoms with van der Waals surface area (Å²) in [6.45, 7) is 6.61. The van der Waals surface area contributed by atoms with Crippen molar-refractivity contribution in [3.63, 3.8) is 0 Å². The fourth-order valence-electron chi connectivity index (χ4n) is 4.35. The Labute approximate surface area is 185 Å². The Morgan fingerprint density at radius 1 is 0.483 bits per heavy atom. The van der Waals surface area contributed by atoms with Gasteiger partial charge in [-0.15, -0.1) is 0 Å². The second kappa shape index (κ2) is 26.0. The van der Waals surface area contributed by atoms with E-state index in [1.54, 1.807) is 0 Å². The molecule has 0 saturated heterocycles. The van der Waals surface area contributed by atoms with E-state index in [9.17, 15) is 0 Å². The average Bonchev–Trinajstić information content (AvgIpc) is 2.73. The first-order valence-electron chi connectivity index (χ1n) is 13.8. The van der Waals surface area contributed by atoms with Crippen LogP contribution in [0, 0.1) is 0 Å². The van der Waals surface area contributed by atoms with E-state index in [1.165, 1.54) is 141 Å². The largest absolute Gasteiger partial charge is 0.330 e. The second-order valence-electron chi connectivity index (χ2n) is 9.38. The van der Waals surface area contributed by atoms with Crippen LogP contribution in [0.25, 0.3) is 0 Å². The van der Waals surface area contributed by atoms with Crippen molar-refractivity contribution in [3.8, 4) is 0 Å². The number of rotatable bonds is 25. The van der Waals surface area contributed by atoms with Crippen LogP contribution in [0.2, 0.25) is 0 Å². The molecule has 0 radical (unpaired) electrons. The lowest BCUT2D eigenvalue weighted by atomic mass is 10.0. The monoisotopic (exact) mass is 410 g/mol. The number of hydrogen-bond acceptors (Lipinski definition) is 2. The molecule has 0 amide bonds. The summed E-state index contributed by atoms with van der Waals surface area (Å²) in [7, 11) is 0. The van der Waals surface area contributed by atoms with Gasteiger partial charge in [0.1, 0.15) is 0 Å². The van der Waals surface area contributed by atoms with Crippen LogP contribution in [-0.2, 0) is 0 Å². The van der Waals surface area contributed by atoms with Crippen molar-refractivity contribution in [2.45, 2.75) is 161 Å². The Kier molecular flexibility index (Phi) is 25.9. The zero-order chi connectivity index (χ0) is 21.3. The Bertz CT molecular complexity index is 280. The molecule has 0 heterocycles. The normalized spacial score (nSPS) is 12.5. The molecule has 1 atom stereocenters. The zero-order valence-corrected chi connectivity index (χ0v) is 20.6. The molecule has 2 heteroatoms. The van der Waals surface area contributed by atoms with Crippen LogP contribution >= 0.6 is 0 Å². The minimum absolute atomic E-state index is 0.660. The van der Waals surface area contributed by atoms with Gasteiger partial charge < -0.3 is 11.1 Å². The molecule has 0 spiro atoms. The maximum absolute atomic E-state index is 5.84. The van der Waals surface area contributed by atoms with Crippen LogP contribution in [0.4, 0.5) is 0 Å². The molecular weight excluding hydrogens is 352 g/mol. The lowest BCUT2D eigenvalue weighted by Gasteiger charge is -2.18. The topological polar surface area (TPSA) is 38.0 Å². The van der Waals surface area contributed by atoms with Gasteiger partial charge in [0, 0.05) is 6.04 Å². The van der Waals surface area contributed by atoms with Gasteiger partial charge in [-0.05, 0) is 32.4 Å². The molecule has 29 heavy (non-hydrogen) atoms. The summed E-state index contributed by atoms with van der Waals surface area (Å²) in [4.78, 5) is 0. The molecule has 176 valence electrons. The molecule has 0 aromatic heterocycles. The zero-order valence-electron chi connectivity index (χ0n) is 20.6. The third-order valence-electron chi connectivity index (χ3n) is 6.38. The number of hydrogen-bond donors (Lipinski definition) is 2. The molecule has 0 aliphatic heterocycles. The minimum Gasteiger partial charge on any atom is -0.330 e. The van der Waals surface area contributed by atoms with Crippen molar-refractivity contribution in [3.05, 3.63) is 0 Å². The van der Waals surface area contributed by atoms with Gasteiger partial charge in [0.05, 0.1) is 0 Å². The van der Waals surface area contributed by atoms with E-state index in [0.717, 1.165) is 13.0 Å². The Hall–Kier alpha value is -0.0800. The van der Waals surface area contributed by atoms with Crippen molar-refractivity contribution in [1.82, 2.24) is 5.32 Å². The van der Waals surface area contributed by atoms with Crippen molar-refractivity contribution in [2.24, 2.45) is 5.73 Å². The standard InChI is InChI=1S/C27H58N2/c1-3-5-7-9-11-13-15-17-19-21-23-27(24-25-28)29-26-22-20-18-16-14-12-10-8-6-4-2/h27,29H,3-26,28H2,1-2H3. The summed E-state index contributed by atoms with van der Waals surface area (Å²) in [5.41, 5.74) is 5.84. The molecule has 0 aliphatic carbocycles. The maximum Gasteiger partial charge on any atom is 0.00790 e. The van der Waals surface area contributed by atoms with Crippen LogP contribution in [-0.4, -0.2) is 19.1 Å². The Balaban J connectivity index is 3.40. The van der Waals surface area contributed by atoms with E-state index >= 15 is 0 Å². The molecule has 0 aromatic carbocycles. The van der Waals surface area contributed by atoms with E-state index in [1.807, 2.05) is 0 Å². The highest BCUT2D eigenvalue weighted by molar-refractivity contribution is 4.67. The summed E-state index contributed by atoms with van der Waals surface area (Å²) in [5.74, 6) is 0. The van der Waals surface area contributed by atoms with E-state index in [2.05, 4.69) is 19.2 Å². The van der Waals surface area contributed by atoms with E-state index in [-0.39, 0.29) is 0 Å².